The van der Waals surface area contributed by atoms with Crippen molar-refractivity contribution < 1.29 is 24.0 Å². The molecule has 2 heterocycles. The first-order valence-corrected chi connectivity index (χ1v) is 19.9. The zero-order valence-electron chi connectivity index (χ0n) is 30.8. The van der Waals surface area contributed by atoms with Gasteiger partial charge in [-0.3, -0.25) is 9.59 Å². The van der Waals surface area contributed by atoms with Crippen LogP contribution in [0.4, 0.5) is 5.69 Å². The van der Waals surface area contributed by atoms with E-state index in [0.29, 0.717) is 70.2 Å². The van der Waals surface area contributed by atoms with Gasteiger partial charge in [0.1, 0.15) is 22.9 Å². The van der Waals surface area contributed by atoms with Crippen molar-refractivity contribution in [2.75, 3.05) is 24.4 Å². The minimum Gasteiger partial charge on any atom is -0.588 e. The second-order valence-electron chi connectivity index (χ2n) is 13.4. The third-order valence-electron chi connectivity index (χ3n) is 9.55. The third-order valence-corrected chi connectivity index (χ3v) is 11.0. The quantitative estimate of drug-likeness (QED) is 0.103. The summed E-state index contributed by atoms with van der Waals surface area (Å²) < 4.78 is 24.2. The summed E-state index contributed by atoms with van der Waals surface area (Å²) in [6.45, 7) is 7.47. The fourth-order valence-corrected chi connectivity index (χ4v) is 7.56. The van der Waals surface area contributed by atoms with Gasteiger partial charge < -0.3 is 24.2 Å². The minimum atomic E-state index is -1.70. The van der Waals surface area contributed by atoms with Crippen LogP contribution in [-0.4, -0.2) is 66.8 Å². The number of aromatic nitrogens is 2. The van der Waals surface area contributed by atoms with Crippen molar-refractivity contribution in [3.05, 3.63) is 130 Å². The first-order chi connectivity index (χ1) is 26.2. The molecule has 10 nitrogen and oxygen atoms in total. The van der Waals surface area contributed by atoms with Crippen LogP contribution in [0.15, 0.2) is 102 Å². The molecule has 2 N–H and O–H groups in total. The molecule has 0 saturated carbocycles. The van der Waals surface area contributed by atoms with E-state index in [4.69, 9.17) is 21.4 Å². The van der Waals surface area contributed by atoms with Crippen molar-refractivity contribution in [1.29, 1.82) is 0 Å². The molecular formula is C42H46ClN5O5S. The number of aliphatic hydroxyl groups is 1. The minimum absolute atomic E-state index is 0.142. The van der Waals surface area contributed by atoms with Crippen LogP contribution in [0.5, 0.6) is 11.5 Å². The number of hydrogen-bond acceptors (Lipinski definition) is 7. The molecule has 0 radical (unpaired) electrons. The number of fused-ring (bicyclic) bond motifs is 1. The van der Waals surface area contributed by atoms with Gasteiger partial charge in [-0.1, -0.05) is 74.7 Å². The van der Waals surface area contributed by atoms with Gasteiger partial charge in [0.15, 0.2) is 10.6 Å². The number of rotatable bonds is 15. The van der Waals surface area contributed by atoms with E-state index in [2.05, 4.69) is 18.6 Å². The maximum atomic E-state index is 14.7. The van der Waals surface area contributed by atoms with E-state index in [0.717, 1.165) is 36.8 Å². The van der Waals surface area contributed by atoms with Gasteiger partial charge in [0.25, 0.3) is 11.8 Å². The number of carbonyl (C=O) groups is 2. The molecule has 0 spiro atoms. The lowest BCUT2D eigenvalue weighted by Crippen LogP contribution is -2.46. The molecule has 2 atom stereocenters. The van der Waals surface area contributed by atoms with Crippen molar-refractivity contribution in [2.45, 2.75) is 70.4 Å². The molecule has 0 aliphatic carbocycles. The van der Waals surface area contributed by atoms with E-state index in [1.54, 1.807) is 70.2 Å². The molecule has 0 bridgehead atoms. The lowest BCUT2D eigenvalue weighted by molar-refractivity contribution is 0.0544. The standard InChI is InChI=1S/C42H46ClN5O5S/c1-4-6-22-46(23-7-5-2)42(51)38-24-29(3)48(44-38)39-21-16-32(26-36(39)41(50)47-27-31-13-9-8-12-30(31)25-33(47)28-49)45-54(52)35-19-17-34(18-20-35)53-40-15-11-10-14-37(40)43/h8-21,24,26,33,45,49H,4-7,22-23,25,27-28H2,1-3H3/t33-,54?/m0/s1. The Bertz CT molecular complexity index is 2060. The number of nitrogens with zero attached hydrogens (tertiary/aromatic N) is 4. The van der Waals surface area contributed by atoms with Crippen LogP contribution in [-0.2, 0) is 24.3 Å². The van der Waals surface area contributed by atoms with Crippen LogP contribution >= 0.6 is 11.6 Å². The number of halogens is 1. The van der Waals surface area contributed by atoms with Crippen LogP contribution < -0.4 is 9.46 Å². The Morgan fingerprint density at radius 3 is 2.33 bits per heavy atom. The van der Waals surface area contributed by atoms with Crippen LogP contribution in [0.25, 0.3) is 5.69 Å². The molecule has 282 valence electrons. The van der Waals surface area contributed by atoms with E-state index in [-0.39, 0.29) is 24.0 Å². The number of carbonyl (C=O) groups excluding carboxylic acids is 2. The van der Waals surface area contributed by atoms with Gasteiger partial charge in [-0.2, -0.15) is 5.10 Å². The highest BCUT2D eigenvalue weighted by Crippen LogP contribution is 2.32. The number of hydrogen-bond donors (Lipinski definition) is 2. The molecule has 2 amide bonds. The molecule has 4 aromatic carbocycles. The molecule has 1 aromatic heterocycles. The smallest absolute Gasteiger partial charge is 0.274 e. The first kappa shape index (κ1) is 38.9. The van der Waals surface area contributed by atoms with Crippen molar-refractivity contribution in [3.63, 3.8) is 0 Å². The fourth-order valence-electron chi connectivity index (χ4n) is 6.55. The summed E-state index contributed by atoms with van der Waals surface area (Å²) in [4.78, 5) is 32.4. The molecule has 1 aliphatic rings. The molecule has 0 fully saturated rings. The summed E-state index contributed by atoms with van der Waals surface area (Å²) in [5.41, 5.74) is 4.30. The molecule has 6 rings (SSSR count). The molecule has 12 heteroatoms. The summed E-state index contributed by atoms with van der Waals surface area (Å²) in [6.07, 6.45) is 4.25. The molecule has 5 aromatic rings. The Balaban J connectivity index is 1.32. The largest absolute Gasteiger partial charge is 0.588 e. The van der Waals surface area contributed by atoms with Gasteiger partial charge in [0.2, 0.25) is 0 Å². The van der Waals surface area contributed by atoms with Crippen LogP contribution in [0.3, 0.4) is 0 Å². The number of anilines is 1. The molecule has 54 heavy (non-hydrogen) atoms. The number of ether oxygens (including phenoxy) is 1. The van der Waals surface area contributed by atoms with Crippen LogP contribution in [0.1, 0.15) is 77.2 Å². The summed E-state index contributed by atoms with van der Waals surface area (Å²) in [7, 11) is 0. The van der Waals surface area contributed by atoms with Gasteiger partial charge in [-0.05, 0) is 98.0 Å². The van der Waals surface area contributed by atoms with Gasteiger partial charge in [-0.25, -0.2) is 9.40 Å². The second kappa shape index (κ2) is 18.0. The monoisotopic (exact) mass is 767 g/mol. The van der Waals surface area contributed by atoms with E-state index >= 15 is 0 Å². The first-order valence-electron chi connectivity index (χ1n) is 18.4. The van der Waals surface area contributed by atoms with Gasteiger partial charge in [0, 0.05) is 25.3 Å². The highest BCUT2D eigenvalue weighted by atomic mass is 35.5. The van der Waals surface area contributed by atoms with Crippen molar-refractivity contribution in [2.24, 2.45) is 0 Å². The summed E-state index contributed by atoms with van der Waals surface area (Å²) in [5, 5.41) is 15.7. The van der Waals surface area contributed by atoms with Gasteiger partial charge in [-0.15, -0.1) is 0 Å². The number of aryl methyl sites for hydroxylation is 1. The topological polar surface area (TPSA) is 123 Å². The van der Waals surface area contributed by atoms with Crippen LogP contribution in [0, 0.1) is 6.92 Å². The number of aliphatic hydroxyl groups excluding tert-OH is 1. The molecule has 0 saturated heterocycles. The Morgan fingerprint density at radius 2 is 1.65 bits per heavy atom. The predicted molar refractivity (Wildman–Crippen MR) is 213 cm³/mol. The highest BCUT2D eigenvalue weighted by molar-refractivity contribution is 7.92. The van der Waals surface area contributed by atoms with Gasteiger partial charge >= 0.3 is 0 Å². The lowest BCUT2D eigenvalue weighted by atomic mass is 9.93. The average Bonchev–Trinajstić information content (AvgIpc) is 3.59. The fraction of sp³-hybridized carbons (Fsp3) is 0.310. The van der Waals surface area contributed by atoms with E-state index in [1.165, 1.54) is 0 Å². The number of para-hydroxylation sites is 1. The molecule has 1 unspecified atom stereocenters. The van der Waals surface area contributed by atoms with Crippen molar-refractivity contribution in [3.8, 4) is 17.2 Å². The summed E-state index contributed by atoms with van der Waals surface area (Å²) >= 11 is 4.55. The zero-order chi connectivity index (χ0) is 38.2. The highest BCUT2D eigenvalue weighted by Gasteiger charge is 2.32. The third kappa shape index (κ3) is 8.93. The summed E-state index contributed by atoms with van der Waals surface area (Å²) in [6, 6.07) is 28.4. The Morgan fingerprint density at radius 1 is 0.963 bits per heavy atom. The van der Waals surface area contributed by atoms with Gasteiger partial charge in [0.05, 0.1) is 34.6 Å². The Labute approximate surface area is 325 Å². The number of amides is 2. The Hall–Kier alpha value is -4.81. The lowest BCUT2D eigenvalue weighted by Gasteiger charge is -2.36. The Kier molecular flexibility index (Phi) is 13.0. The van der Waals surface area contributed by atoms with Crippen molar-refractivity contribution in [1.82, 2.24) is 19.6 Å². The molecule has 1 aliphatic heterocycles. The number of nitrogens with one attached hydrogen (secondary N) is 1. The van der Waals surface area contributed by atoms with E-state index in [1.807, 2.05) is 48.2 Å². The predicted octanol–water partition coefficient (Wildman–Crippen LogP) is 8.36. The second-order valence-corrected chi connectivity index (χ2v) is 15.1. The normalized spacial score (nSPS) is 14.3. The summed E-state index contributed by atoms with van der Waals surface area (Å²) in [5.74, 6) is 0.591. The maximum absolute atomic E-state index is 14.7. The van der Waals surface area contributed by atoms with Crippen molar-refractivity contribution >= 4 is 40.5 Å². The number of benzene rings is 4. The zero-order valence-corrected chi connectivity index (χ0v) is 32.4. The van der Waals surface area contributed by atoms with E-state index in [9.17, 15) is 19.2 Å². The maximum Gasteiger partial charge on any atom is 0.274 e. The number of unbranched alkanes of at least 4 members (excludes halogenated alkanes) is 2. The van der Waals surface area contributed by atoms with Crippen LogP contribution in [0.2, 0.25) is 5.02 Å². The van der Waals surface area contributed by atoms with E-state index < -0.39 is 17.4 Å². The SMILES string of the molecule is CCCCN(CCCC)C(=O)c1cc(C)n(-c2ccc(N[S+]([O-])c3ccc(Oc4ccccc4Cl)cc3)cc2C(=O)N2Cc3ccccc3C[C@H]2CO)n1. The average molecular weight is 768 g/mol. The molecular weight excluding hydrogens is 722 g/mol.